The highest BCUT2D eigenvalue weighted by Crippen LogP contribution is 2.32. The van der Waals surface area contributed by atoms with Crippen LogP contribution >= 0.6 is 0 Å². The number of carbonyl (C=O) groups is 2. The van der Waals surface area contributed by atoms with Gasteiger partial charge in [-0.15, -0.1) is 5.10 Å². The SMILES string of the molecule is COc1cccc2c1OCc1cn(nn1)CCCOc1cc(ccc1C)C(=O)N1CC[C@@H](C[C@H]1C)NC2=O. The predicted molar refractivity (Wildman–Crippen MR) is 140 cm³/mol. The highest BCUT2D eigenvalue weighted by atomic mass is 16.5. The van der Waals surface area contributed by atoms with Crippen molar-refractivity contribution in [2.75, 3.05) is 20.3 Å². The molecule has 4 heterocycles. The van der Waals surface area contributed by atoms with Crippen molar-refractivity contribution in [3.8, 4) is 17.2 Å². The van der Waals surface area contributed by atoms with E-state index in [9.17, 15) is 9.59 Å². The van der Waals surface area contributed by atoms with Crippen LogP contribution in [0, 0.1) is 6.92 Å². The molecule has 0 unspecified atom stereocenters. The van der Waals surface area contributed by atoms with E-state index in [0.29, 0.717) is 73.0 Å². The number of ether oxygens (including phenoxy) is 3. The van der Waals surface area contributed by atoms with E-state index >= 15 is 0 Å². The lowest BCUT2D eigenvalue weighted by atomic mass is 9.96. The molecule has 6 bridgehead atoms. The Morgan fingerprint density at radius 1 is 1.13 bits per heavy atom. The number of rotatable bonds is 1. The van der Waals surface area contributed by atoms with Crippen molar-refractivity contribution >= 4 is 11.8 Å². The molecule has 3 aliphatic rings. The van der Waals surface area contributed by atoms with Crippen LogP contribution in [0.3, 0.4) is 0 Å². The summed E-state index contributed by atoms with van der Waals surface area (Å²) >= 11 is 0. The minimum atomic E-state index is -0.245. The van der Waals surface area contributed by atoms with E-state index < -0.39 is 0 Å². The summed E-state index contributed by atoms with van der Waals surface area (Å²) in [5.41, 5.74) is 2.60. The third-order valence-electron chi connectivity index (χ3n) is 7.09. The highest BCUT2D eigenvalue weighted by molar-refractivity contribution is 5.98. The first-order valence-corrected chi connectivity index (χ1v) is 13.0. The molecule has 0 radical (unpaired) electrons. The number of nitrogens with one attached hydrogen (secondary N) is 1. The molecule has 0 aliphatic carbocycles. The Balaban J connectivity index is 1.43. The number of nitrogens with zero attached hydrogens (tertiary/aromatic N) is 4. The summed E-state index contributed by atoms with van der Waals surface area (Å²) in [5.74, 6) is 1.25. The zero-order valence-corrected chi connectivity index (χ0v) is 22.0. The minimum absolute atomic E-state index is 0.0309. The summed E-state index contributed by atoms with van der Waals surface area (Å²) in [6.07, 6.45) is 3.83. The molecule has 2 amide bonds. The molecule has 10 heteroatoms. The van der Waals surface area contributed by atoms with Crippen LogP contribution in [0.4, 0.5) is 0 Å². The van der Waals surface area contributed by atoms with Crippen molar-refractivity contribution in [3.63, 3.8) is 0 Å². The van der Waals surface area contributed by atoms with Gasteiger partial charge in [0.2, 0.25) is 0 Å². The first-order chi connectivity index (χ1) is 18.4. The minimum Gasteiger partial charge on any atom is -0.493 e. The molecular formula is C28H33N5O5. The van der Waals surface area contributed by atoms with E-state index in [4.69, 9.17) is 14.2 Å². The summed E-state index contributed by atoms with van der Waals surface area (Å²) < 4.78 is 19.3. The standard InChI is InChI=1S/C28H33N5O5/c1-18-8-9-20-15-25(18)37-13-5-11-32-16-22(30-31-32)17-38-26-23(6-4-7-24(26)36-3)27(34)29-21-10-12-33(28(20)35)19(2)14-21/h4,6-9,15-16,19,21H,5,10-14,17H2,1-3H3,(H,29,34)/t19-,21+/m1/s1. The topological polar surface area (TPSA) is 108 Å². The number of hydrogen-bond donors (Lipinski definition) is 1. The predicted octanol–water partition coefficient (Wildman–Crippen LogP) is 3.38. The van der Waals surface area contributed by atoms with Gasteiger partial charge in [0, 0.05) is 37.2 Å². The van der Waals surface area contributed by atoms with E-state index in [0.717, 1.165) is 5.56 Å². The number of para-hydroxylation sites is 1. The third-order valence-corrected chi connectivity index (χ3v) is 7.09. The maximum Gasteiger partial charge on any atom is 0.255 e. The normalized spacial score (nSPS) is 20.4. The number of piperidine rings is 1. The molecule has 0 spiro atoms. The molecule has 1 aromatic heterocycles. The second kappa shape index (κ2) is 11.1. The molecule has 1 N–H and O–H groups in total. The molecule has 2 atom stereocenters. The number of aromatic nitrogens is 3. The second-order valence-electron chi connectivity index (χ2n) is 9.82. The summed E-state index contributed by atoms with van der Waals surface area (Å²) in [6, 6.07) is 10.7. The smallest absolute Gasteiger partial charge is 0.255 e. The fourth-order valence-electron chi connectivity index (χ4n) is 5.00. The molecule has 38 heavy (non-hydrogen) atoms. The van der Waals surface area contributed by atoms with Gasteiger partial charge in [0.05, 0.1) is 25.5 Å². The van der Waals surface area contributed by atoms with Crippen LogP contribution in [0.15, 0.2) is 42.6 Å². The van der Waals surface area contributed by atoms with Crippen molar-refractivity contribution in [2.45, 2.75) is 58.3 Å². The zero-order chi connectivity index (χ0) is 26.6. The first kappa shape index (κ1) is 25.6. The van der Waals surface area contributed by atoms with E-state index in [-0.39, 0.29) is 30.5 Å². The average molecular weight is 520 g/mol. The Kier molecular flexibility index (Phi) is 7.48. The summed E-state index contributed by atoms with van der Waals surface area (Å²) in [4.78, 5) is 28.6. The van der Waals surface area contributed by atoms with Crippen molar-refractivity contribution < 1.29 is 23.8 Å². The Morgan fingerprint density at radius 2 is 2.00 bits per heavy atom. The summed E-state index contributed by atoms with van der Waals surface area (Å²) in [6.45, 7) is 5.76. The lowest BCUT2D eigenvalue weighted by Gasteiger charge is -2.38. The van der Waals surface area contributed by atoms with Crippen LogP contribution in [0.5, 0.6) is 17.2 Å². The number of amides is 2. The van der Waals surface area contributed by atoms with Crippen molar-refractivity contribution in [3.05, 3.63) is 65.0 Å². The van der Waals surface area contributed by atoms with Gasteiger partial charge in [-0.2, -0.15) is 0 Å². The quantitative estimate of drug-likeness (QED) is 0.525. The van der Waals surface area contributed by atoms with Crippen LogP contribution < -0.4 is 19.5 Å². The molecule has 0 saturated carbocycles. The summed E-state index contributed by atoms with van der Waals surface area (Å²) in [7, 11) is 1.54. The van der Waals surface area contributed by atoms with Gasteiger partial charge in [-0.3, -0.25) is 14.3 Å². The zero-order valence-electron chi connectivity index (χ0n) is 22.0. The van der Waals surface area contributed by atoms with Crippen LogP contribution in [0.1, 0.15) is 58.2 Å². The highest BCUT2D eigenvalue weighted by Gasteiger charge is 2.31. The van der Waals surface area contributed by atoms with Crippen LogP contribution in [0.25, 0.3) is 0 Å². The Morgan fingerprint density at radius 3 is 2.82 bits per heavy atom. The van der Waals surface area contributed by atoms with Gasteiger partial charge in [-0.05, 0) is 56.5 Å². The number of methoxy groups -OCH3 is 1. The molecule has 1 saturated heterocycles. The van der Waals surface area contributed by atoms with Gasteiger partial charge in [0.25, 0.3) is 11.8 Å². The lowest BCUT2D eigenvalue weighted by Crippen LogP contribution is -2.51. The van der Waals surface area contributed by atoms with Crippen LogP contribution in [-0.4, -0.2) is 64.1 Å². The molecular weight excluding hydrogens is 486 g/mol. The lowest BCUT2D eigenvalue weighted by molar-refractivity contribution is 0.0595. The van der Waals surface area contributed by atoms with Gasteiger partial charge >= 0.3 is 0 Å². The van der Waals surface area contributed by atoms with E-state index in [1.165, 1.54) is 0 Å². The largest absolute Gasteiger partial charge is 0.493 e. The maximum atomic E-state index is 13.4. The van der Waals surface area contributed by atoms with Gasteiger partial charge in [0.1, 0.15) is 18.1 Å². The van der Waals surface area contributed by atoms with Crippen LogP contribution in [-0.2, 0) is 13.2 Å². The van der Waals surface area contributed by atoms with E-state index in [1.54, 1.807) is 30.0 Å². The molecule has 2 aromatic carbocycles. The number of fused-ring (bicyclic) bond motifs is 7. The second-order valence-corrected chi connectivity index (χ2v) is 9.82. The van der Waals surface area contributed by atoms with E-state index in [1.807, 2.05) is 43.1 Å². The van der Waals surface area contributed by atoms with Gasteiger partial charge < -0.3 is 24.4 Å². The van der Waals surface area contributed by atoms with E-state index in [2.05, 4.69) is 15.6 Å². The fraction of sp³-hybridized carbons (Fsp3) is 0.429. The van der Waals surface area contributed by atoms with Crippen LogP contribution in [0.2, 0.25) is 0 Å². The fourth-order valence-corrected chi connectivity index (χ4v) is 5.00. The van der Waals surface area contributed by atoms with Gasteiger partial charge in [-0.1, -0.05) is 17.3 Å². The van der Waals surface area contributed by atoms with Crippen molar-refractivity contribution in [1.29, 1.82) is 0 Å². The van der Waals surface area contributed by atoms with Gasteiger partial charge in [-0.25, -0.2) is 0 Å². The average Bonchev–Trinajstić information content (AvgIpc) is 3.37. The Bertz CT molecular complexity index is 1320. The molecule has 3 aliphatic heterocycles. The number of benzene rings is 2. The number of hydrogen-bond acceptors (Lipinski definition) is 7. The number of aryl methyl sites for hydroxylation is 2. The molecule has 1 fully saturated rings. The molecule has 10 nitrogen and oxygen atoms in total. The van der Waals surface area contributed by atoms with Gasteiger partial charge in [0.15, 0.2) is 11.5 Å². The van der Waals surface area contributed by atoms with Crippen molar-refractivity contribution in [1.82, 2.24) is 25.2 Å². The maximum absolute atomic E-state index is 13.4. The third kappa shape index (κ3) is 5.44. The Hall–Kier alpha value is -4.08. The molecule has 3 aromatic rings. The first-order valence-electron chi connectivity index (χ1n) is 13.0. The number of carbonyl (C=O) groups excluding carboxylic acids is 2. The molecule has 6 rings (SSSR count). The monoisotopic (exact) mass is 519 g/mol. The van der Waals surface area contributed by atoms with Crippen molar-refractivity contribution in [2.24, 2.45) is 0 Å². The molecule has 200 valence electrons. The summed E-state index contributed by atoms with van der Waals surface area (Å²) in [5, 5.41) is 11.5. The Labute approximate surface area is 221 Å².